The molecule has 0 radical (unpaired) electrons. The molecular weight excluding hydrogens is 186 g/mol. The van der Waals surface area contributed by atoms with Crippen molar-refractivity contribution in [1.82, 2.24) is 0 Å². The first kappa shape index (κ1) is 10.9. The van der Waals surface area contributed by atoms with Crippen molar-refractivity contribution in [2.75, 3.05) is 0 Å². The number of aliphatic hydroxyl groups excluding tert-OH is 1. The molecule has 7 heavy (non-hydrogen) atoms. The molecule has 0 unspecified atom stereocenters. The van der Waals surface area contributed by atoms with Crippen LogP contribution in [0.25, 0.3) is 0 Å². The molecule has 0 rings (SSSR count). The van der Waals surface area contributed by atoms with E-state index in [1.807, 2.05) is 0 Å². The van der Waals surface area contributed by atoms with Gasteiger partial charge in [-0.15, -0.1) is 0 Å². The van der Waals surface area contributed by atoms with E-state index >= 15 is 0 Å². The Balaban J connectivity index is 0. The fourth-order valence-corrected chi connectivity index (χ4v) is 0. The standard InChI is InChI=1S/C3H8O.2ClH.Cu/c1-3(2)4;;;/h3-4H,1-2H3;2*1H;/q;;;+2/p-2. The monoisotopic (exact) mass is 193 g/mol. The van der Waals surface area contributed by atoms with E-state index in [0.29, 0.717) is 0 Å². The first-order valence-electron chi connectivity index (χ1n) is 1.64. The summed E-state index contributed by atoms with van der Waals surface area (Å²) in [7, 11) is 9.34. The zero-order valence-corrected chi connectivity index (χ0v) is 6.54. The van der Waals surface area contributed by atoms with Gasteiger partial charge in [-0.2, -0.15) is 0 Å². The second kappa shape index (κ2) is 10.1. The molecule has 0 fully saturated rings. The van der Waals surface area contributed by atoms with Gasteiger partial charge in [-0.1, -0.05) is 0 Å². The fourth-order valence-electron chi connectivity index (χ4n) is 0. The molecule has 0 saturated heterocycles. The number of hydrogen-bond acceptors (Lipinski definition) is 1. The van der Waals surface area contributed by atoms with E-state index < -0.39 is 0 Å². The van der Waals surface area contributed by atoms with E-state index in [1.165, 1.54) is 0 Å². The van der Waals surface area contributed by atoms with Crippen LogP contribution in [0, 0.1) is 0 Å². The fraction of sp³-hybridized carbons (Fsp3) is 1.00. The zero-order valence-electron chi connectivity index (χ0n) is 4.08. The van der Waals surface area contributed by atoms with Crippen LogP contribution < -0.4 is 0 Å². The summed E-state index contributed by atoms with van der Waals surface area (Å²) in [4.78, 5) is 0. The normalized spacial score (nSPS) is 8.29. The van der Waals surface area contributed by atoms with Crippen LogP contribution in [0.1, 0.15) is 13.8 Å². The third kappa shape index (κ3) is 161. The van der Waals surface area contributed by atoms with Crippen LogP contribution in [-0.2, 0) is 13.1 Å². The zero-order chi connectivity index (χ0) is 6.28. The van der Waals surface area contributed by atoms with Gasteiger partial charge in [0.05, 0.1) is 0 Å². The molecule has 0 saturated carbocycles. The Labute approximate surface area is 58.6 Å². The van der Waals surface area contributed by atoms with Gasteiger partial charge in [0.2, 0.25) is 0 Å². The first-order valence-corrected chi connectivity index (χ1v) is 4.23. The van der Waals surface area contributed by atoms with Crippen LogP contribution >= 0.6 is 20.2 Å². The van der Waals surface area contributed by atoms with Crippen LogP contribution in [0.15, 0.2) is 0 Å². The van der Waals surface area contributed by atoms with Crippen LogP contribution in [0.4, 0.5) is 0 Å². The number of aliphatic hydroxyl groups is 1. The average molecular weight is 195 g/mol. The van der Waals surface area contributed by atoms with Gasteiger partial charge < -0.3 is 5.11 Å². The van der Waals surface area contributed by atoms with Gasteiger partial charge in [-0.25, -0.2) is 0 Å². The molecule has 0 amide bonds. The van der Waals surface area contributed by atoms with E-state index in [-0.39, 0.29) is 6.10 Å². The summed E-state index contributed by atoms with van der Waals surface area (Å²) in [6.07, 6.45) is -0.167. The summed E-state index contributed by atoms with van der Waals surface area (Å²) in [6, 6.07) is 0. The number of halogens is 2. The van der Waals surface area contributed by atoms with Crippen molar-refractivity contribution >= 4 is 20.2 Å². The molecule has 0 bridgehead atoms. The van der Waals surface area contributed by atoms with Gasteiger partial charge in [-0.3, -0.25) is 0 Å². The molecule has 1 N–H and O–H groups in total. The van der Waals surface area contributed by atoms with Crippen LogP contribution in [0.3, 0.4) is 0 Å². The van der Waals surface area contributed by atoms with Crippen molar-refractivity contribution in [2.24, 2.45) is 0 Å². The molecule has 51 valence electrons. The Kier molecular flexibility index (Phi) is 15.8. The molecular formula is C3H8Cl2CuO. The second-order valence-electron chi connectivity index (χ2n) is 1.14. The third-order valence-corrected chi connectivity index (χ3v) is 0. The van der Waals surface area contributed by atoms with Crippen molar-refractivity contribution in [3.8, 4) is 0 Å². The van der Waals surface area contributed by atoms with Crippen molar-refractivity contribution in [2.45, 2.75) is 20.0 Å². The van der Waals surface area contributed by atoms with Crippen molar-refractivity contribution in [3.05, 3.63) is 0 Å². The Morgan fingerprint density at radius 1 is 1.43 bits per heavy atom. The predicted octanol–water partition coefficient (Wildman–Crippen LogP) is 1.76. The summed E-state index contributed by atoms with van der Waals surface area (Å²) in [5, 5.41) is 8.06. The summed E-state index contributed by atoms with van der Waals surface area (Å²) < 4.78 is 0. The topological polar surface area (TPSA) is 20.2 Å². The number of rotatable bonds is 0. The quantitative estimate of drug-likeness (QED) is 0.583. The molecule has 0 spiro atoms. The van der Waals surface area contributed by atoms with E-state index in [1.54, 1.807) is 13.8 Å². The van der Waals surface area contributed by atoms with Gasteiger partial charge in [0, 0.05) is 6.10 Å². The Bertz CT molecular complexity index is 24.1. The van der Waals surface area contributed by atoms with E-state index in [2.05, 4.69) is 20.2 Å². The Morgan fingerprint density at radius 2 is 1.43 bits per heavy atom. The summed E-state index contributed by atoms with van der Waals surface area (Å²) in [5.41, 5.74) is 0. The second-order valence-corrected chi connectivity index (χ2v) is 2.69. The SMILES string of the molecule is CC(C)O.[Cl][Cu][Cl]. The number of hydrogen-bond donors (Lipinski definition) is 1. The average Bonchev–Trinajstić information content (AvgIpc) is 1.33. The Morgan fingerprint density at radius 3 is 1.43 bits per heavy atom. The summed E-state index contributed by atoms with van der Waals surface area (Å²) in [5.74, 6) is 0. The summed E-state index contributed by atoms with van der Waals surface area (Å²) in [6.45, 7) is 3.44. The van der Waals surface area contributed by atoms with E-state index in [4.69, 9.17) is 5.11 Å². The minimum atomic E-state index is -0.167. The van der Waals surface area contributed by atoms with Gasteiger partial charge in [0.25, 0.3) is 0 Å². The van der Waals surface area contributed by atoms with Gasteiger partial charge >= 0.3 is 33.3 Å². The Hall–Kier alpha value is 1.06. The molecule has 0 aliphatic carbocycles. The van der Waals surface area contributed by atoms with Crippen LogP contribution in [0.5, 0.6) is 0 Å². The van der Waals surface area contributed by atoms with Crippen molar-refractivity contribution in [3.63, 3.8) is 0 Å². The molecule has 0 atom stereocenters. The van der Waals surface area contributed by atoms with Crippen LogP contribution in [-0.4, -0.2) is 11.2 Å². The van der Waals surface area contributed by atoms with E-state index in [9.17, 15) is 0 Å². The van der Waals surface area contributed by atoms with Crippen molar-refractivity contribution < 1.29 is 18.2 Å². The minimum absolute atomic E-state index is 0.167. The molecule has 0 aromatic carbocycles. The molecule has 0 aliphatic rings. The van der Waals surface area contributed by atoms with Gasteiger partial charge in [0.15, 0.2) is 0 Å². The first-order chi connectivity index (χ1) is 3.15. The predicted molar refractivity (Wildman–Crippen MR) is 29.1 cm³/mol. The summed E-state index contributed by atoms with van der Waals surface area (Å²) >= 11 is 0.757. The molecule has 0 aromatic rings. The van der Waals surface area contributed by atoms with E-state index in [0.717, 1.165) is 13.1 Å². The molecule has 4 heteroatoms. The molecule has 1 nitrogen and oxygen atoms in total. The maximum atomic E-state index is 8.06. The third-order valence-electron chi connectivity index (χ3n) is 0. The molecule has 0 aromatic heterocycles. The van der Waals surface area contributed by atoms with Gasteiger partial charge in [-0.05, 0) is 13.8 Å². The van der Waals surface area contributed by atoms with Gasteiger partial charge in [0.1, 0.15) is 0 Å². The maximum absolute atomic E-state index is 8.06. The van der Waals surface area contributed by atoms with Crippen molar-refractivity contribution in [1.29, 1.82) is 0 Å². The molecule has 0 heterocycles. The molecule has 0 aliphatic heterocycles. The van der Waals surface area contributed by atoms with Crippen LogP contribution in [0.2, 0.25) is 0 Å².